The van der Waals surface area contributed by atoms with Crippen molar-refractivity contribution in [3.63, 3.8) is 0 Å². The Kier molecular flexibility index (Phi) is 2.44. The number of rotatable bonds is 2. The van der Waals surface area contributed by atoms with Gasteiger partial charge in [-0.1, -0.05) is 6.58 Å². The largest absolute Gasteiger partial charge is 0.243 e. The molecule has 0 radical (unpaired) electrons. The summed E-state index contributed by atoms with van der Waals surface area (Å²) in [7, 11) is -3.61. The zero-order valence-corrected chi connectivity index (χ0v) is 7.45. The van der Waals surface area contributed by atoms with E-state index in [9.17, 15) is 8.42 Å². The number of pyridine rings is 1. The number of nitriles is 1. The molecule has 1 heterocycles. The second-order valence-electron chi connectivity index (χ2n) is 2.18. The third-order valence-electron chi connectivity index (χ3n) is 1.38. The van der Waals surface area contributed by atoms with Gasteiger partial charge in [0, 0.05) is 11.6 Å². The van der Waals surface area contributed by atoms with Crippen LogP contribution in [0, 0.1) is 11.3 Å². The molecule has 0 N–H and O–H groups in total. The average Bonchev–Trinajstić information content (AvgIpc) is 2.18. The Morgan fingerprint density at radius 3 is 2.85 bits per heavy atom. The minimum atomic E-state index is -3.61. The van der Waals surface area contributed by atoms with Gasteiger partial charge in [0.05, 0.1) is 5.56 Å². The van der Waals surface area contributed by atoms with Crippen LogP contribution in [-0.2, 0) is 9.84 Å². The molecule has 1 aromatic heterocycles. The maximum absolute atomic E-state index is 11.2. The summed E-state index contributed by atoms with van der Waals surface area (Å²) in [6.45, 7) is 3.15. The molecule has 0 spiro atoms. The van der Waals surface area contributed by atoms with Gasteiger partial charge in [0.15, 0.2) is 5.03 Å². The summed E-state index contributed by atoms with van der Waals surface area (Å²) < 4.78 is 22.5. The maximum atomic E-state index is 11.2. The molecule has 0 aliphatic rings. The van der Waals surface area contributed by atoms with Crippen molar-refractivity contribution in [1.29, 1.82) is 5.26 Å². The molecule has 0 unspecified atom stereocenters. The molecule has 0 fully saturated rings. The number of sulfone groups is 1. The second kappa shape index (κ2) is 3.37. The Morgan fingerprint density at radius 1 is 1.62 bits per heavy atom. The van der Waals surface area contributed by atoms with Crippen LogP contribution in [0.2, 0.25) is 0 Å². The highest BCUT2D eigenvalue weighted by atomic mass is 32.2. The van der Waals surface area contributed by atoms with Crippen molar-refractivity contribution in [3.8, 4) is 6.07 Å². The first-order valence-corrected chi connectivity index (χ1v) is 4.89. The fourth-order valence-electron chi connectivity index (χ4n) is 0.782. The van der Waals surface area contributed by atoms with E-state index in [-0.39, 0.29) is 10.6 Å². The normalized spacial score (nSPS) is 10.4. The van der Waals surface area contributed by atoms with E-state index in [1.165, 1.54) is 18.3 Å². The minimum Gasteiger partial charge on any atom is -0.243 e. The van der Waals surface area contributed by atoms with Crippen LogP contribution < -0.4 is 0 Å². The standard InChI is InChI=1S/C8H6N2O2S/c1-2-13(11,12)8-7(6-9)4-3-5-10-8/h2-5H,1H2. The summed E-state index contributed by atoms with van der Waals surface area (Å²) in [5, 5.41) is 9.12. The number of hydrogen-bond acceptors (Lipinski definition) is 4. The van der Waals surface area contributed by atoms with Crippen molar-refractivity contribution in [2.24, 2.45) is 0 Å². The van der Waals surface area contributed by atoms with E-state index in [0.29, 0.717) is 0 Å². The lowest BCUT2D eigenvalue weighted by atomic mass is 10.3. The molecule has 0 saturated heterocycles. The predicted octanol–water partition coefficient (Wildman–Crippen LogP) is 0.870. The Labute approximate surface area is 76.1 Å². The molecule has 0 amide bonds. The summed E-state index contributed by atoms with van der Waals surface area (Å²) in [6.07, 6.45) is 1.32. The maximum Gasteiger partial charge on any atom is 0.217 e. The Balaban J connectivity index is 3.49. The highest BCUT2D eigenvalue weighted by Crippen LogP contribution is 2.12. The molecule has 13 heavy (non-hydrogen) atoms. The van der Waals surface area contributed by atoms with Crippen LogP contribution in [0.4, 0.5) is 0 Å². The van der Waals surface area contributed by atoms with Crippen LogP contribution in [0.15, 0.2) is 35.3 Å². The van der Waals surface area contributed by atoms with Crippen molar-refractivity contribution in [2.75, 3.05) is 0 Å². The molecule has 1 rings (SSSR count). The van der Waals surface area contributed by atoms with E-state index in [0.717, 1.165) is 5.41 Å². The van der Waals surface area contributed by atoms with Gasteiger partial charge < -0.3 is 0 Å². The Bertz CT molecular complexity index is 471. The van der Waals surface area contributed by atoms with Crippen molar-refractivity contribution < 1.29 is 8.42 Å². The highest BCUT2D eigenvalue weighted by Gasteiger charge is 2.15. The van der Waals surface area contributed by atoms with Crippen LogP contribution in [-0.4, -0.2) is 13.4 Å². The summed E-state index contributed by atoms with van der Waals surface area (Å²) in [4.78, 5) is 3.61. The molecule has 5 heteroatoms. The fourth-order valence-corrected chi connectivity index (χ4v) is 1.57. The highest BCUT2D eigenvalue weighted by molar-refractivity contribution is 7.94. The topological polar surface area (TPSA) is 70.8 Å². The zero-order valence-electron chi connectivity index (χ0n) is 6.64. The molecule has 4 nitrogen and oxygen atoms in total. The number of nitrogens with zero attached hydrogens (tertiary/aromatic N) is 2. The summed E-state index contributed by atoms with van der Waals surface area (Å²) in [5.74, 6) is 0. The third-order valence-corrected chi connectivity index (χ3v) is 2.68. The van der Waals surface area contributed by atoms with Crippen molar-refractivity contribution >= 4 is 9.84 Å². The predicted molar refractivity (Wildman–Crippen MR) is 46.3 cm³/mol. The third kappa shape index (κ3) is 1.73. The average molecular weight is 194 g/mol. The first-order valence-electron chi connectivity index (χ1n) is 3.34. The zero-order chi connectivity index (χ0) is 9.90. The minimum absolute atomic E-state index is 0.0300. The van der Waals surface area contributed by atoms with Gasteiger partial charge in [0.2, 0.25) is 9.84 Å². The summed E-state index contributed by atoms with van der Waals surface area (Å²) in [6, 6.07) is 4.64. The molecule has 66 valence electrons. The molecular weight excluding hydrogens is 188 g/mol. The lowest BCUT2D eigenvalue weighted by molar-refractivity contribution is 0.601. The van der Waals surface area contributed by atoms with Gasteiger partial charge in [-0.05, 0) is 12.1 Å². The molecule has 0 saturated carbocycles. The van der Waals surface area contributed by atoms with Gasteiger partial charge >= 0.3 is 0 Å². The van der Waals surface area contributed by atoms with Gasteiger partial charge in [0.1, 0.15) is 6.07 Å². The van der Waals surface area contributed by atoms with Gasteiger partial charge in [-0.3, -0.25) is 0 Å². The van der Waals surface area contributed by atoms with E-state index >= 15 is 0 Å². The number of aromatic nitrogens is 1. The van der Waals surface area contributed by atoms with Crippen LogP contribution in [0.3, 0.4) is 0 Å². The van der Waals surface area contributed by atoms with Gasteiger partial charge in [-0.25, -0.2) is 13.4 Å². The SMILES string of the molecule is C=CS(=O)(=O)c1ncccc1C#N. The van der Waals surface area contributed by atoms with E-state index in [4.69, 9.17) is 5.26 Å². The molecule has 0 atom stereocenters. The number of hydrogen-bond donors (Lipinski definition) is 0. The molecule has 0 aromatic carbocycles. The van der Waals surface area contributed by atoms with Crippen molar-refractivity contribution in [3.05, 3.63) is 35.9 Å². The lowest BCUT2D eigenvalue weighted by Gasteiger charge is -1.98. The summed E-state index contributed by atoms with van der Waals surface area (Å²) >= 11 is 0. The van der Waals surface area contributed by atoms with E-state index < -0.39 is 9.84 Å². The fraction of sp³-hybridized carbons (Fsp3) is 0. The van der Waals surface area contributed by atoms with E-state index in [1.807, 2.05) is 0 Å². The van der Waals surface area contributed by atoms with Crippen LogP contribution in [0.1, 0.15) is 5.56 Å². The Hall–Kier alpha value is -1.67. The van der Waals surface area contributed by atoms with Gasteiger partial charge in [0.25, 0.3) is 0 Å². The second-order valence-corrected chi connectivity index (χ2v) is 3.99. The van der Waals surface area contributed by atoms with Gasteiger partial charge in [-0.15, -0.1) is 0 Å². The Morgan fingerprint density at radius 2 is 2.31 bits per heavy atom. The first kappa shape index (κ1) is 9.42. The van der Waals surface area contributed by atoms with Crippen LogP contribution in [0.5, 0.6) is 0 Å². The quantitative estimate of drug-likeness (QED) is 0.700. The smallest absolute Gasteiger partial charge is 0.217 e. The van der Waals surface area contributed by atoms with Crippen LogP contribution >= 0.6 is 0 Å². The molecular formula is C8H6N2O2S. The molecule has 0 aliphatic heterocycles. The van der Waals surface area contributed by atoms with Crippen molar-refractivity contribution in [2.45, 2.75) is 5.03 Å². The molecule has 0 aliphatic carbocycles. The summed E-state index contributed by atoms with van der Waals surface area (Å²) in [5.41, 5.74) is 0.0300. The van der Waals surface area contributed by atoms with E-state index in [2.05, 4.69) is 11.6 Å². The molecule has 1 aromatic rings. The van der Waals surface area contributed by atoms with Crippen LogP contribution in [0.25, 0.3) is 0 Å². The lowest BCUT2D eigenvalue weighted by Crippen LogP contribution is -2.01. The first-order chi connectivity index (χ1) is 6.11. The van der Waals surface area contributed by atoms with Gasteiger partial charge in [-0.2, -0.15) is 5.26 Å². The monoisotopic (exact) mass is 194 g/mol. The molecule has 0 bridgehead atoms. The van der Waals surface area contributed by atoms with E-state index in [1.54, 1.807) is 6.07 Å². The van der Waals surface area contributed by atoms with Crippen molar-refractivity contribution in [1.82, 2.24) is 4.98 Å².